The first kappa shape index (κ1) is 10.7. The average molecular weight is 242 g/mol. The number of carbonyl (C=O) groups is 1. The van der Waals surface area contributed by atoms with Crippen LogP contribution < -0.4 is 0 Å². The van der Waals surface area contributed by atoms with E-state index in [0.29, 0.717) is 0 Å². The number of aryl methyl sites for hydroxylation is 3. The van der Waals surface area contributed by atoms with Gasteiger partial charge in [0.1, 0.15) is 0 Å². The molecule has 0 radical (unpaired) electrons. The molecule has 1 aliphatic carbocycles. The molecule has 1 aromatic heterocycles. The summed E-state index contributed by atoms with van der Waals surface area (Å²) in [6.45, 7) is 2.02. The Bertz CT molecular complexity index is 559. The second kappa shape index (κ2) is 4.11. The average Bonchev–Trinajstić information content (AvgIpc) is 2.88. The van der Waals surface area contributed by atoms with Gasteiger partial charge in [0.15, 0.2) is 0 Å². The Balaban J connectivity index is 1.96. The van der Waals surface area contributed by atoms with Crippen LogP contribution in [-0.2, 0) is 12.8 Å². The molecule has 1 aliphatic rings. The van der Waals surface area contributed by atoms with Crippen LogP contribution in [0.1, 0.15) is 37.7 Å². The van der Waals surface area contributed by atoms with Crippen molar-refractivity contribution in [3.8, 4) is 0 Å². The fourth-order valence-corrected chi connectivity index (χ4v) is 3.59. The van der Waals surface area contributed by atoms with E-state index in [1.807, 2.05) is 31.2 Å². The van der Waals surface area contributed by atoms with Crippen LogP contribution in [-0.4, -0.2) is 5.78 Å². The molecule has 0 saturated heterocycles. The predicted molar refractivity (Wildman–Crippen MR) is 71.0 cm³/mol. The van der Waals surface area contributed by atoms with E-state index in [-0.39, 0.29) is 5.78 Å². The van der Waals surface area contributed by atoms with Gasteiger partial charge in [-0.1, -0.05) is 23.8 Å². The van der Waals surface area contributed by atoms with Crippen molar-refractivity contribution in [2.24, 2.45) is 0 Å². The summed E-state index contributed by atoms with van der Waals surface area (Å²) in [4.78, 5) is 14.6. The first-order chi connectivity index (χ1) is 8.24. The standard InChI is InChI=1S/C15H14OS/c1-10-4-2-6-12(8-10)15(16)14-9-11-5-3-7-13(11)17-14/h2,4,6,8-9H,3,5,7H2,1H3. The molecule has 1 nitrogen and oxygen atoms in total. The van der Waals surface area contributed by atoms with Crippen LogP contribution in [0.15, 0.2) is 30.3 Å². The van der Waals surface area contributed by atoms with E-state index in [4.69, 9.17) is 0 Å². The van der Waals surface area contributed by atoms with Crippen molar-refractivity contribution >= 4 is 17.1 Å². The van der Waals surface area contributed by atoms with E-state index >= 15 is 0 Å². The van der Waals surface area contributed by atoms with Gasteiger partial charge < -0.3 is 0 Å². The van der Waals surface area contributed by atoms with Gasteiger partial charge in [-0.15, -0.1) is 11.3 Å². The van der Waals surface area contributed by atoms with Gasteiger partial charge in [0.05, 0.1) is 4.88 Å². The number of hydrogen-bond donors (Lipinski definition) is 0. The lowest BCUT2D eigenvalue weighted by atomic mass is 10.1. The van der Waals surface area contributed by atoms with Gasteiger partial charge >= 0.3 is 0 Å². The fraction of sp³-hybridized carbons (Fsp3) is 0.267. The minimum Gasteiger partial charge on any atom is -0.288 e. The molecule has 0 aliphatic heterocycles. The second-order valence-corrected chi connectivity index (χ2v) is 5.75. The summed E-state index contributed by atoms with van der Waals surface area (Å²) in [6.07, 6.45) is 3.55. The molecule has 0 amide bonds. The van der Waals surface area contributed by atoms with E-state index in [0.717, 1.165) is 28.8 Å². The summed E-state index contributed by atoms with van der Waals surface area (Å²) >= 11 is 1.68. The van der Waals surface area contributed by atoms with Crippen molar-refractivity contribution in [3.63, 3.8) is 0 Å². The minimum atomic E-state index is 0.174. The van der Waals surface area contributed by atoms with E-state index in [1.54, 1.807) is 11.3 Å². The highest BCUT2D eigenvalue weighted by molar-refractivity contribution is 7.14. The Morgan fingerprint density at radius 1 is 1.24 bits per heavy atom. The van der Waals surface area contributed by atoms with Crippen LogP contribution in [0.5, 0.6) is 0 Å². The van der Waals surface area contributed by atoms with Gasteiger partial charge in [0, 0.05) is 10.4 Å². The summed E-state index contributed by atoms with van der Waals surface area (Å²) in [5.74, 6) is 0.174. The molecule has 3 rings (SSSR count). The van der Waals surface area contributed by atoms with Crippen molar-refractivity contribution in [2.75, 3.05) is 0 Å². The molecule has 1 aromatic carbocycles. The van der Waals surface area contributed by atoms with Crippen LogP contribution in [0.2, 0.25) is 0 Å². The number of rotatable bonds is 2. The number of carbonyl (C=O) groups excluding carboxylic acids is 1. The smallest absolute Gasteiger partial charge is 0.202 e. The number of fused-ring (bicyclic) bond motifs is 1. The molecule has 0 unspecified atom stereocenters. The molecule has 0 N–H and O–H groups in total. The van der Waals surface area contributed by atoms with Gasteiger partial charge in [-0.2, -0.15) is 0 Å². The van der Waals surface area contributed by atoms with Crippen molar-refractivity contribution in [2.45, 2.75) is 26.2 Å². The topological polar surface area (TPSA) is 17.1 Å². The molecule has 0 saturated carbocycles. The van der Waals surface area contributed by atoms with Gasteiger partial charge in [0.25, 0.3) is 0 Å². The van der Waals surface area contributed by atoms with Crippen molar-refractivity contribution in [1.29, 1.82) is 0 Å². The van der Waals surface area contributed by atoms with E-state index in [1.165, 1.54) is 16.9 Å². The van der Waals surface area contributed by atoms with Crippen LogP contribution in [0.4, 0.5) is 0 Å². The molecule has 2 heteroatoms. The number of ketones is 1. The monoisotopic (exact) mass is 242 g/mol. The highest BCUT2D eigenvalue weighted by Gasteiger charge is 2.19. The first-order valence-corrected chi connectivity index (χ1v) is 6.78. The maximum atomic E-state index is 12.3. The summed E-state index contributed by atoms with van der Waals surface area (Å²) < 4.78 is 0. The molecule has 0 spiro atoms. The number of thiophene rings is 1. The lowest BCUT2D eigenvalue weighted by Gasteiger charge is -1.99. The molecule has 0 atom stereocenters. The molecule has 17 heavy (non-hydrogen) atoms. The Kier molecular flexibility index (Phi) is 2.60. The molecule has 1 heterocycles. The lowest BCUT2D eigenvalue weighted by molar-refractivity contribution is 0.104. The molecular formula is C15H14OS. The van der Waals surface area contributed by atoms with E-state index < -0.39 is 0 Å². The largest absolute Gasteiger partial charge is 0.288 e. The van der Waals surface area contributed by atoms with Crippen LogP contribution in [0.3, 0.4) is 0 Å². The summed E-state index contributed by atoms with van der Waals surface area (Å²) in [7, 11) is 0. The Morgan fingerprint density at radius 3 is 2.88 bits per heavy atom. The highest BCUT2D eigenvalue weighted by atomic mass is 32.1. The Morgan fingerprint density at radius 2 is 2.12 bits per heavy atom. The fourth-order valence-electron chi connectivity index (χ4n) is 2.37. The van der Waals surface area contributed by atoms with Crippen molar-refractivity contribution in [1.82, 2.24) is 0 Å². The predicted octanol–water partition coefficient (Wildman–Crippen LogP) is 3.78. The minimum absolute atomic E-state index is 0.174. The maximum absolute atomic E-state index is 12.3. The van der Waals surface area contributed by atoms with Gasteiger partial charge in [0.2, 0.25) is 5.78 Å². The van der Waals surface area contributed by atoms with Gasteiger partial charge in [-0.3, -0.25) is 4.79 Å². The number of hydrogen-bond acceptors (Lipinski definition) is 2. The first-order valence-electron chi connectivity index (χ1n) is 5.97. The molecule has 2 aromatic rings. The SMILES string of the molecule is Cc1cccc(C(=O)c2cc3c(s2)CCC3)c1. The lowest BCUT2D eigenvalue weighted by Crippen LogP contribution is -1.98. The van der Waals surface area contributed by atoms with Crippen LogP contribution in [0, 0.1) is 6.92 Å². The zero-order valence-electron chi connectivity index (χ0n) is 9.82. The third-order valence-electron chi connectivity index (χ3n) is 3.25. The summed E-state index contributed by atoms with van der Waals surface area (Å²) in [5.41, 5.74) is 3.34. The van der Waals surface area contributed by atoms with E-state index in [9.17, 15) is 4.79 Å². The normalized spacial score (nSPS) is 13.7. The summed E-state index contributed by atoms with van der Waals surface area (Å²) in [6, 6.07) is 9.93. The quantitative estimate of drug-likeness (QED) is 0.732. The zero-order chi connectivity index (χ0) is 11.8. The van der Waals surface area contributed by atoms with Gasteiger partial charge in [-0.25, -0.2) is 0 Å². The Labute approximate surface area is 105 Å². The van der Waals surface area contributed by atoms with Gasteiger partial charge in [-0.05, 0) is 43.9 Å². The van der Waals surface area contributed by atoms with Crippen LogP contribution in [0.25, 0.3) is 0 Å². The number of benzene rings is 1. The Hall–Kier alpha value is -1.41. The third-order valence-corrected chi connectivity index (χ3v) is 4.49. The van der Waals surface area contributed by atoms with Crippen molar-refractivity contribution in [3.05, 3.63) is 56.8 Å². The molecule has 0 bridgehead atoms. The van der Waals surface area contributed by atoms with E-state index in [2.05, 4.69) is 6.07 Å². The zero-order valence-corrected chi connectivity index (χ0v) is 10.6. The highest BCUT2D eigenvalue weighted by Crippen LogP contribution is 2.31. The van der Waals surface area contributed by atoms with Crippen molar-refractivity contribution < 1.29 is 4.79 Å². The second-order valence-electron chi connectivity index (χ2n) is 4.61. The molecule has 86 valence electrons. The molecular weight excluding hydrogens is 228 g/mol. The summed E-state index contributed by atoms with van der Waals surface area (Å²) in [5, 5.41) is 0. The molecule has 0 fully saturated rings. The maximum Gasteiger partial charge on any atom is 0.202 e. The van der Waals surface area contributed by atoms with Crippen LogP contribution >= 0.6 is 11.3 Å². The third kappa shape index (κ3) is 1.93.